The molecule has 0 aliphatic rings. The fourth-order valence-electron chi connectivity index (χ4n) is 0.860. The Balaban J connectivity index is 3.17. The first-order chi connectivity index (χ1) is 5.94. The number of nitrogens with zero attached hydrogens (tertiary/aromatic N) is 1. The first-order valence-corrected chi connectivity index (χ1v) is 5.29. The molecule has 0 N–H and O–H groups in total. The van der Waals surface area contributed by atoms with Gasteiger partial charge in [0.15, 0.2) is 0 Å². The predicted octanol–water partition coefficient (Wildman–Crippen LogP) is 1.05. The van der Waals surface area contributed by atoms with Gasteiger partial charge in [-0.2, -0.15) is 0 Å². The van der Waals surface area contributed by atoms with E-state index in [1.165, 1.54) is 24.5 Å². The molecule has 0 bridgehead atoms. The number of hydrogen-bond acceptors (Lipinski definition) is 2. The average molecular weight is 198 g/mol. The summed E-state index contributed by atoms with van der Waals surface area (Å²) in [6.07, 6.45) is 0. The topological polar surface area (TPSA) is 37.4 Å². The summed E-state index contributed by atoms with van der Waals surface area (Å²) in [5.74, 6) is 0. The second-order valence-corrected chi connectivity index (χ2v) is 5.15. The zero-order valence-corrected chi connectivity index (χ0v) is 8.72. The molecule has 0 saturated heterocycles. The summed E-state index contributed by atoms with van der Waals surface area (Å²) in [5, 5.41) is 0. The number of sulfonamides is 1. The summed E-state index contributed by atoms with van der Waals surface area (Å²) >= 11 is 0. The van der Waals surface area contributed by atoms with Gasteiger partial charge < -0.3 is 0 Å². The van der Waals surface area contributed by atoms with Crippen LogP contribution in [-0.4, -0.2) is 26.8 Å². The van der Waals surface area contributed by atoms with Crippen LogP contribution in [0.25, 0.3) is 0 Å². The van der Waals surface area contributed by atoms with Gasteiger partial charge in [0, 0.05) is 14.1 Å². The third kappa shape index (κ3) is 2.08. The fraction of sp³-hybridized carbons (Fsp3) is 0.333. The molecule has 1 aromatic carbocycles. The van der Waals surface area contributed by atoms with Crippen LogP contribution in [0.1, 0.15) is 5.56 Å². The minimum Gasteiger partial charge on any atom is -0.207 e. The molecule has 0 heterocycles. The van der Waals surface area contributed by atoms with Crippen LogP contribution in [0.15, 0.2) is 23.1 Å². The molecule has 0 spiro atoms. The highest BCUT2D eigenvalue weighted by molar-refractivity contribution is 7.89. The van der Waals surface area contributed by atoms with E-state index < -0.39 is 10.0 Å². The first kappa shape index (κ1) is 10.2. The van der Waals surface area contributed by atoms with Gasteiger partial charge in [0.05, 0.1) is 4.90 Å². The van der Waals surface area contributed by atoms with E-state index in [0.29, 0.717) is 0 Å². The van der Waals surface area contributed by atoms with E-state index in [0.717, 1.165) is 5.56 Å². The van der Waals surface area contributed by atoms with Crippen molar-refractivity contribution in [3.63, 3.8) is 0 Å². The van der Waals surface area contributed by atoms with Crippen molar-refractivity contribution in [3.8, 4) is 0 Å². The van der Waals surface area contributed by atoms with Gasteiger partial charge in [0.1, 0.15) is 0 Å². The zero-order chi connectivity index (χ0) is 10.1. The molecule has 13 heavy (non-hydrogen) atoms. The Morgan fingerprint density at radius 1 is 1.31 bits per heavy atom. The number of aryl methyl sites for hydroxylation is 1. The predicted molar refractivity (Wildman–Crippen MR) is 50.9 cm³/mol. The second kappa shape index (κ2) is 3.47. The quantitative estimate of drug-likeness (QED) is 0.712. The van der Waals surface area contributed by atoms with E-state index >= 15 is 0 Å². The number of benzene rings is 1. The minimum absolute atomic E-state index is 0.281. The van der Waals surface area contributed by atoms with Crippen molar-refractivity contribution in [3.05, 3.63) is 29.8 Å². The Hall–Kier alpha value is -0.870. The molecule has 0 amide bonds. The van der Waals surface area contributed by atoms with E-state index in [2.05, 4.69) is 6.07 Å². The summed E-state index contributed by atoms with van der Waals surface area (Å²) in [4.78, 5) is 0.281. The molecule has 0 saturated carbocycles. The van der Waals surface area contributed by atoms with Crippen LogP contribution >= 0.6 is 0 Å². The van der Waals surface area contributed by atoms with Crippen LogP contribution in [0.5, 0.6) is 0 Å². The third-order valence-corrected chi connectivity index (χ3v) is 3.53. The summed E-state index contributed by atoms with van der Waals surface area (Å²) in [6, 6.07) is 7.66. The van der Waals surface area contributed by atoms with Crippen LogP contribution in [0.3, 0.4) is 0 Å². The van der Waals surface area contributed by atoms with Gasteiger partial charge in [-0.25, -0.2) is 12.7 Å². The van der Waals surface area contributed by atoms with Crippen molar-refractivity contribution in [2.24, 2.45) is 0 Å². The Morgan fingerprint density at radius 3 is 2.31 bits per heavy atom. The van der Waals surface area contributed by atoms with Crippen LogP contribution in [-0.2, 0) is 10.0 Å². The second-order valence-electron chi connectivity index (χ2n) is 2.99. The third-order valence-electron chi connectivity index (χ3n) is 1.72. The lowest BCUT2D eigenvalue weighted by Crippen LogP contribution is -2.22. The van der Waals surface area contributed by atoms with E-state index in [9.17, 15) is 8.42 Å². The maximum Gasteiger partial charge on any atom is 0.242 e. The average Bonchev–Trinajstić information content (AvgIpc) is 2.04. The maximum atomic E-state index is 11.5. The van der Waals surface area contributed by atoms with Crippen molar-refractivity contribution in [2.45, 2.75) is 11.8 Å². The standard InChI is InChI=1S/C9H12NO2S/c1-8-4-6-9(7-5-8)13(11,12)10(2)3/h4,6-7H,1-3H3. The summed E-state index contributed by atoms with van der Waals surface area (Å²) in [7, 11) is -0.273. The van der Waals surface area contributed by atoms with E-state index in [4.69, 9.17) is 0 Å². The minimum atomic E-state index is -3.29. The molecule has 0 fully saturated rings. The molecule has 0 aromatic heterocycles. The highest BCUT2D eigenvalue weighted by Crippen LogP contribution is 2.12. The van der Waals surface area contributed by atoms with Crippen LogP contribution in [0.2, 0.25) is 0 Å². The molecular formula is C9H12NO2S. The Morgan fingerprint density at radius 2 is 1.92 bits per heavy atom. The maximum absolute atomic E-state index is 11.5. The zero-order valence-electron chi connectivity index (χ0n) is 7.90. The van der Waals surface area contributed by atoms with Crippen molar-refractivity contribution >= 4 is 10.0 Å². The first-order valence-electron chi connectivity index (χ1n) is 3.85. The van der Waals surface area contributed by atoms with Gasteiger partial charge in [-0.1, -0.05) is 6.07 Å². The van der Waals surface area contributed by atoms with Gasteiger partial charge >= 0.3 is 0 Å². The van der Waals surface area contributed by atoms with Crippen LogP contribution in [0, 0.1) is 13.0 Å². The highest BCUT2D eigenvalue weighted by Gasteiger charge is 2.15. The molecule has 0 atom stereocenters. The molecule has 1 radical (unpaired) electrons. The molecule has 1 rings (SSSR count). The lowest BCUT2D eigenvalue weighted by Gasteiger charge is -2.10. The van der Waals surface area contributed by atoms with Crippen LogP contribution in [0.4, 0.5) is 0 Å². The lowest BCUT2D eigenvalue weighted by atomic mass is 10.2. The van der Waals surface area contributed by atoms with Gasteiger partial charge in [-0.15, -0.1) is 0 Å². The Kier molecular flexibility index (Phi) is 2.73. The molecule has 71 valence electrons. The fourth-order valence-corrected chi connectivity index (χ4v) is 1.73. The molecule has 1 aromatic rings. The normalized spacial score (nSPS) is 12.0. The molecular weight excluding hydrogens is 186 g/mol. The smallest absolute Gasteiger partial charge is 0.207 e. The van der Waals surface area contributed by atoms with Crippen molar-refractivity contribution < 1.29 is 8.42 Å². The number of rotatable bonds is 2. The van der Waals surface area contributed by atoms with Crippen LogP contribution < -0.4 is 0 Å². The SMILES string of the molecule is Cc1[c]cc(S(=O)(=O)N(C)C)cc1. The van der Waals surface area contributed by atoms with Gasteiger partial charge in [-0.3, -0.25) is 0 Å². The van der Waals surface area contributed by atoms with E-state index in [1.807, 2.05) is 6.92 Å². The van der Waals surface area contributed by atoms with Gasteiger partial charge in [-0.05, 0) is 30.7 Å². The molecule has 3 nitrogen and oxygen atoms in total. The summed E-state index contributed by atoms with van der Waals surface area (Å²) in [5.41, 5.74) is 0.928. The van der Waals surface area contributed by atoms with Gasteiger partial charge in [0.25, 0.3) is 0 Å². The monoisotopic (exact) mass is 198 g/mol. The number of hydrogen-bond donors (Lipinski definition) is 0. The molecule has 0 aliphatic carbocycles. The summed E-state index contributed by atoms with van der Waals surface area (Å²) < 4.78 is 24.3. The largest absolute Gasteiger partial charge is 0.242 e. The Bertz CT molecular complexity index is 379. The van der Waals surface area contributed by atoms with Crippen molar-refractivity contribution in [1.82, 2.24) is 4.31 Å². The van der Waals surface area contributed by atoms with E-state index in [-0.39, 0.29) is 4.90 Å². The lowest BCUT2D eigenvalue weighted by molar-refractivity contribution is 0.520. The molecule has 0 unspecified atom stereocenters. The Labute approximate surface area is 79.0 Å². The van der Waals surface area contributed by atoms with Gasteiger partial charge in [0.2, 0.25) is 10.0 Å². The van der Waals surface area contributed by atoms with Crippen molar-refractivity contribution in [2.75, 3.05) is 14.1 Å². The molecule has 0 aliphatic heterocycles. The van der Waals surface area contributed by atoms with Crippen molar-refractivity contribution in [1.29, 1.82) is 0 Å². The molecule has 4 heteroatoms. The summed E-state index contributed by atoms with van der Waals surface area (Å²) in [6.45, 7) is 1.87. The highest BCUT2D eigenvalue weighted by atomic mass is 32.2. The van der Waals surface area contributed by atoms with E-state index in [1.54, 1.807) is 12.1 Å².